The predicted octanol–water partition coefficient (Wildman–Crippen LogP) is -0.313. The molecular weight excluding hydrogens is 302 g/mol. The first kappa shape index (κ1) is 15.7. The number of nitrogens with zero attached hydrogens (tertiary/aromatic N) is 1. The second-order valence-corrected chi connectivity index (χ2v) is 8.47. The summed E-state index contributed by atoms with van der Waals surface area (Å²) in [6.45, 7) is 1.44. The number of hydrogen-bond acceptors (Lipinski definition) is 5. The molecule has 0 amide bonds. The molecule has 1 heterocycles. The fourth-order valence-electron chi connectivity index (χ4n) is 1.96. The lowest BCUT2D eigenvalue weighted by Gasteiger charge is -2.22. The van der Waals surface area contributed by atoms with Crippen LogP contribution in [0.2, 0.25) is 0 Å². The molecule has 1 aromatic carbocycles. The Morgan fingerprint density at radius 2 is 1.90 bits per heavy atom. The molecule has 20 heavy (non-hydrogen) atoms. The molecule has 2 rings (SSSR count). The average molecular weight is 319 g/mol. The Labute approximate surface area is 121 Å². The minimum Gasteiger partial charge on any atom is -0.391 e. The standard InChI is InChI=1S/C12H17NO5S2/c1-8-2-4-9(5-3-8)20(17,18)13-19-7-10(15)12(16)11(19)6-14/h2-5,10-12,14-16H,6-7H2,1H3/t10-,11-,12+,19?/m1/s1. The van der Waals surface area contributed by atoms with E-state index in [1.807, 2.05) is 6.92 Å². The van der Waals surface area contributed by atoms with Gasteiger partial charge in [0.2, 0.25) is 0 Å². The summed E-state index contributed by atoms with van der Waals surface area (Å²) < 4.78 is 28.1. The third kappa shape index (κ3) is 3.16. The fourth-order valence-corrected chi connectivity index (χ4v) is 5.95. The highest BCUT2D eigenvalue weighted by Gasteiger charge is 2.46. The molecule has 1 fully saturated rings. The highest BCUT2D eigenvalue weighted by Crippen LogP contribution is 2.32. The summed E-state index contributed by atoms with van der Waals surface area (Å²) in [7, 11) is -3.85. The SMILES string of the molecule is Cc1ccc(S(=O)(=O)[N-][S+]2C[C@@H](O)[C@H](O)[C@H]2CO)cc1. The number of aryl methyl sites for hydroxylation is 1. The number of sulfonamides is 1. The molecule has 0 saturated carbocycles. The Balaban J connectivity index is 2.18. The maximum absolute atomic E-state index is 12.2. The summed E-state index contributed by atoms with van der Waals surface area (Å²) in [5.41, 5.74) is 0.936. The zero-order valence-electron chi connectivity index (χ0n) is 10.9. The molecule has 1 saturated heterocycles. The van der Waals surface area contributed by atoms with Crippen LogP contribution in [0.3, 0.4) is 0 Å². The van der Waals surface area contributed by atoms with Crippen molar-refractivity contribution in [2.45, 2.75) is 29.3 Å². The predicted molar refractivity (Wildman–Crippen MR) is 76.8 cm³/mol. The Bertz CT molecular complexity index is 560. The van der Waals surface area contributed by atoms with Crippen LogP contribution in [0, 0.1) is 6.92 Å². The molecule has 0 spiro atoms. The highest BCUT2D eigenvalue weighted by molar-refractivity contribution is 8.15. The van der Waals surface area contributed by atoms with Gasteiger partial charge in [0.25, 0.3) is 0 Å². The van der Waals surface area contributed by atoms with Gasteiger partial charge in [0.05, 0.1) is 11.5 Å². The van der Waals surface area contributed by atoms with Gasteiger partial charge in [-0.15, -0.1) is 0 Å². The van der Waals surface area contributed by atoms with Crippen molar-refractivity contribution >= 4 is 21.1 Å². The van der Waals surface area contributed by atoms with Crippen molar-refractivity contribution in [1.82, 2.24) is 0 Å². The third-order valence-corrected chi connectivity index (χ3v) is 7.39. The van der Waals surface area contributed by atoms with Gasteiger partial charge in [0.15, 0.2) is 5.25 Å². The molecule has 1 unspecified atom stereocenters. The van der Waals surface area contributed by atoms with Gasteiger partial charge in [-0.25, -0.2) is 8.42 Å². The van der Waals surface area contributed by atoms with Crippen LogP contribution >= 0.6 is 0 Å². The summed E-state index contributed by atoms with van der Waals surface area (Å²) >= 11 is -1.11. The molecule has 1 aliphatic heterocycles. The molecule has 3 N–H and O–H groups in total. The van der Waals surface area contributed by atoms with E-state index in [0.717, 1.165) is 5.56 Å². The maximum atomic E-state index is 12.2. The summed E-state index contributed by atoms with van der Waals surface area (Å²) in [6, 6.07) is 6.28. The molecule has 0 bridgehead atoms. The first-order valence-electron chi connectivity index (χ1n) is 6.06. The molecule has 112 valence electrons. The van der Waals surface area contributed by atoms with Crippen LogP contribution in [-0.4, -0.2) is 53.6 Å². The van der Waals surface area contributed by atoms with E-state index in [-0.39, 0.29) is 10.6 Å². The van der Waals surface area contributed by atoms with Crippen LogP contribution in [0.4, 0.5) is 0 Å². The van der Waals surface area contributed by atoms with E-state index in [0.29, 0.717) is 0 Å². The largest absolute Gasteiger partial charge is 0.391 e. The second kappa shape index (κ2) is 6.00. The van der Waals surface area contributed by atoms with Crippen molar-refractivity contribution in [3.05, 3.63) is 34.0 Å². The zero-order valence-corrected chi connectivity index (χ0v) is 12.5. The smallest absolute Gasteiger partial charge is 0.158 e. The van der Waals surface area contributed by atoms with Crippen molar-refractivity contribution < 1.29 is 23.7 Å². The molecule has 8 heteroatoms. The van der Waals surface area contributed by atoms with E-state index in [2.05, 4.69) is 4.13 Å². The minimum atomic E-state index is -3.85. The van der Waals surface area contributed by atoms with Gasteiger partial charge in [-0.3, -0.25) is 0 Å². The van der Waals surface area contributed by atoms with E-state index < -0.39 is 45.2 Å². The van der Waals surface area contributed by atoms with Gasteiger partial charge < -0.3 is 19.4 Å². The number of aliphatic hydroxyl groups excluding tert-OH is 3. The molecule has 0 aliphatic carbocycles. The van der Waals surface area contributed by atoms with Crippen LogP contribution in [0.25, 0.3) is 4.13 Å². The maximum Gasteiger partial charge on any atom is 0.158 e. The lowest BCUT2D eigenvalue weighted by atomic mass is 10.2. The summed E-state index contributed by atoms with van der Waals surface area (Å²) in [6.07, 6.45) is -2.19. The Hall–Kier alpha value is -0.640. The molecule has 0 radical (unpaired) electrons. The van der Waals surface area contributed by atoms with Crippen LogP contribution in [0.15, 0.2) is 29.2 Å². The molecular formula is C12H17NO5S2. The van der Waals surface area contributed by atoms with Gasteiger partial charge in [0, 0.05) is 0 Å². The lowest BCUT2D eigenvalue weighted by molar-refractivity contribution is 0.0325. The molecule has 4 atom stereocenters. The second-order valence-electron chi connectivity index (χ2n) is 4.71. The Morgan fingerprint density at radius 1 is 1.30 bits per heavy atom. The molecule has 1 aliphatic rings. The van der Waals surface area contributed by atoms with Crippen molar-refractivity contribution in [2.24, 2.45) is 0 Å². The summed E-state index contributed by atoms with van der Waals surface area (Å²) in [5.74, 6) is 0.0531. The van der Waals surface area contributed by atoms with Crippen LogP contribution < -0.4 is 0 Å². The lowest BCUT2D eigenvalue weighted by Crippen LogP contribution is -2.34. The van der Waals surface area contributed by atoms with E-state index in [1.54, 1.807) is 12.1 Å². The summed E-state index contributed by atoms with van der Waals surface area (Å²) in [5, 5.41) is 27.7. The highest BCUT2D eigenvalue weighted by atomic mass is 32.3. The summed E-state index contributed by atoms with van der Waals surface area (Å²) in [4.78, 5) is 0.0724. The zero-order chi connectivity index (χ0) is 14.9. The quantitative estimate of drug-likeness (QED) is 0.660. The number of benzene rings is 1. The fraction of sp³-hybridized carbons (Fsp3) is 0.500. The van der Waals surface area contributed by atoms with Crippen molar-refractivity contribution in [1.29, 1.82) is 0 Å². The Morgan fingerprint density at radius 3 is 2.45 bits per heavy atom. The number of hydrogen-bond donors (Lipinski definition) is 3. The monoisotopic (exact) mass is 319 g/mol. The first-order chi connectivity index (χ1) is 9.35. The van der Waals surface area contributed by atoms with Gasteiger partial charge in [0.1, 0.15) is 28.0 Å². The third-order valence-electron chi connectivity index (χ3n) is 3.16. The average Bonchev–Trinajstić information content (AvgIpc) is 2.64. The van der Waals surface area contributed by atoms with E-state index in [9.17, 15) is 23.7 Å². The van der Waals surface area contributed by atoms with Crippen molar-refractivity contribution in [2.75, 3.05) is 12.4 Å². The van der Waals surface area contributed by atoms with Gasteiger partial charge in [-0.1, -0.05) is 28.8 Å². The van der Waals surface area contributed by atoms with Gasteiger partial charge in [-0.2, -0.15) is 0 Å². The molecule has 0 aromatic heterocycles. The Kier molecular flexibility index (Phi) is 4.73. The number of aliphatic hydroxyl groups is 3. The minimum absolute atomic E-state index is 0.0531. The van der Waals surface area contributed by atoms with Gasteiger partial charge in [-0.05, 0) is 19.1 Å². The molecule has 6 nitrogen and oxygen atoms in total. The number of rotatable bonds is 4. The van der Waals surface area contributed by atoms with Gasteiger partial charge >= 0.3 is 0 Å². The van der Waals surface area contributed by atoms with E-state index in [4.69, 9.17) is 0 Å². The molecule has 1 aromatic rings. The van der Waals surface area contributed by atoms with Crippen LogP contribution in [0.5, 0.6) is 0 Å². The van der Waals surface area contributed by atoms with E-state index >= 15 is 0 Å². The van der Waals surface area contributed by atoms with E-state index in [1.165, 1.54) is 12.1 Å². The first-order valence-corrected chi connectivity index (χ1v) is 8.92. The van der Waals surface area contributed by atoms with Crippen molar-refractivity contribution in [3.8, 4) is 0 Å². The van der Waals surface area contributed by atoms with Crippen LogP contribution in [-0.2, 0) is 21.1 Å². The van der Waals surface area contributed by atoms with Crippen molar-refractivity contribution in [3.63, 3.8) is 0 Å². The topological polar surface area (TPSA) is 109 Å². The van der Waals surface area contributed by atoms with Crippen LogP contribution in [0.1, 0.15) is 5.56 Å². The normalized spacial score (nSPS) is 30.6.